The lowest BCUT2D eigenvalue weighted by Gasteiger charge is -2.03. The van der Waals surface area contributed by atoms with Gasteiger partial charge in [0.1, 0.15) is 11.6 Å². The van der Waals surface area contributed by atoms with Crippen LogP contribution in [0.25, 0.3) is 0 Å². The predicted molar refractivity (Wildman–Crippen MR) is 47.3 cm³/mol. The molecule has 0 saturated carbocycles. The van der Waals surface area contributed by atoms with Crippen molar-refractivity contribution in [1.82, 2.24) is 0 Å². The molecule has 0 bridgehead atoms. The zero-order valence-corrected chi connectivity index (χ0v) is 7.74. The second-order valence-electron chi connectivity index (χ2n) is 2.46. The molecular weight excluding hydrogens is 192 g/mol. The molecule has 0 spiro atoms. The van der Waals surface area contributed by atoms with E-state index in [1.165, 1.54) is 12.1 Å². The Labute approximate surface area is 79.4 Å². The van der Waals surface area contributed by atoms with Crippen molar-refractivity contribution in [2.75, 3.05) is 0 Å². The third-order valence-electron chi connectivity index (χ3n) is 1.38. The highest BCUT2D eigenvalue weighted by Gasteiger charge is 2.08. The maximum atomic E-state index is 13.0. The number of benzene rings is 1. The summed E-state index contributed by atoms with van der Waals surface area (Å²) in [4.78, 5) is 0.301. The van der Waals surface area contributed by atoms with E-state index in [0.29, 0.717) is 4.90 Å². The van der Waals surface area contributed by atoms with Crippen LogP contribution >= 0.6 is 11.8 Å². The molecule has 1 aromatic carbocycles. The summed E-state index contributed by atoms with van der Waals surface area (Å²) >= 11 is 1.08. The summed E-state index contributed by atoms with van der Waals surface area (Å²) in [7, 11) is 0. The van der Waals surface area contributed by atoms with E-state index in [0.717, 1.165) is 17.8 Å². The summed E-state index contributed by atoms with van der Waals surface area (Å²) in [5, 5.41) is 8.14. The SMILES string of the molecule is CC(C#N)Sc1ccc(F)cc1F. The predicted octanol–water partition coefficient (Wildman–Crippen LogP) is 2.97. The first-order chi connectivity index (χ1) is 6.13. The van der Waals surface area contributed by atoms with Gasteiger partial charge in [0.15, 0.2) is 0 Å². The Morgan fingerprint density at radius 2 is 2.15 bits per heavy atom. The minimum atomic E-state index is -0.618. The Morgan fingerprint density at radius 3 is 2.69 bits per heavy atom. The number of nitrogens with zero attached hydrogens (tertiary/aromatic N) is 1. The number of halogens is 2. The first-order valence-electron chi connectivity index (χ1n) is 3.65. The lowest BCUT2D eigenvalue weighted by Crippen LogP contribution is -1.92. The third-order valence-corrected chi connectivity index (χ3v) is 2.42. The Hall–Kier alpha value is -1.08. The van der Waals surface area contributed by atoms with Crippen molar-refractivity contribution in [2.45, 2.75) is 17.1 Å². The molecule has 68 valence electrons. The topological polar surface area (TPSA) is 23.8 Å². The fourth-order valence-corrected chi connectivity index (χ4v) is 1.54. The van der Waals surface area contributed by atoms with Gasteiger partial charge < -0.3 is 0 Å². The summed E-state index contributed by atoms with van der Waals surface area (Å²) in [5.74, 6) is -1.22. The molecule has 4 heteroatoms. The van der Waals surface area contributed by atoms with E-state index in [9.17, 15) is 8.78 Å². The second kappa shape index (κ2) is 4.24. The van der Waals surface area contributed by atoms with Gasteiger partial charge in [-0.1, -0.05) is 0 Å². The molecule has 1 aromatic rings. The molecule has 0 aliphatic carbocycles. The van der Waals surface area contributed by atoms with Gasteiger partial charge in [-0.15, -0.1) is 11.8 Å². The molecule has 0 radical (unpaired) electrons. The largest absolute Gasteiger partial charge is 0.207 e. The number of rotatable bonds is 2. The molecule has 1 rings (SSSR count). The van der Waals surface area contributed by atoms with Crippen LogP contribution in [0.2, 0.25) is 0 Å². The molecule has 0 N–H and O–H groups in total. The number of hydrogen-bond acceptors (Lipinski definition) is 2. The molecule has 1 atom stereocenters. The van der Waals surface area contributed by atoms with E-state index in [4.69, 9.17) is 5.26 Å². The molecule has 0 saturated heterocycles. The van der Waals surface area contributed by atoms with Crippen molar-refractivity contribution in [3.05, 3.63) is 29.8 Å². The van der Waals surface area contributed by atoms with Crippen molar-refractivity contribution >= 4 is 11.8 Å². The fourth-order valence-electron chi connectivity index (χ4n) is 0.788. The van der Waals surface area contributed by atoms with Crippen molar-refractivity contribution < 1.29 is 8.78 Å². The molecule has 0 aliphatic rings. The quantitative estimate of drug-likeness (QED) is 0.684. The highest BCUT2D eigenvalue weighted by Crippen LogP contribution is 2.25. The summed E-state index contributed by atoms with van der Waals surface area (Å²) in [5.41, 5.74) is 0. The first kappa shape index (κ1) is 10.0. The van der Waals surface area contributed by atoms with Crippen molar-refractivity contribution in [3.8, 4) is 6.07 Å². The summed E-state index contributed by atoms with van der Waals surface area (Å²) in [6.07, 6.45) is 0. The number of nitriles is 1. The second-order valence-corrected chi connectivity index (χ2v) is 3.85. The van der Waals surface area contributed by atoms with E-state index in [-0.39, 0.29) is 5.25 Å². The number of hydrogen-bond donors (Lipinski definition) is 0. The van der Waals surface area contributed by atoms with Crippen molar-refractivity contribution in [2.24, 2.45) is 0 Å². The molecule has 0 fully saturated rings. The zero-order valence-electron chi connectivity index (χ0n) is 6.92. The molecule has 1 nitrogen and oxygen atoms in total. The van der Waals surface area contributed by atoms with Gasteiger partial charge in [0, 0.05) is 11.0 Å². The summed E-state index contributed by atoms with van der Waals surface area (Å²) < 4.78 is 25.4. The Bertz CT molecular complexity index is 346. The number of thioether (sulfide) groups is 1. The molecule has 0 aromatic heterocycles. The van der Waals surface area contributed by atoms with Crippen LogP contribution < -0.4 is 0 Å². The van der Waals surface area contributed by atoms with Crippen LogP contribution in [0.15, 0.2) is 23.1 Å². The van der Waals surface area contributed by atoms with Crippen LogP contribution in [0.3, 0.4) is 0 Å². The lowest BCUT2D eigenvalue weighted by atomic mass is 10.3. The summed E-state index contributed by atoms with van der Waals surface area (Å²) in [6.45, 7) is 1.66. The van der Waals surface area contributed by atoms with E-state index in [1.54, 1.807) is 6.92 Å². The van der Waals surface area contributed by atoms with Crippen LogP contribution in [-0.4, -0.2) is 5.25 Å². The standard InChI is InChI=1S/C9H7F2NS/c1-6(5-12)13-9-3-2-7(10)4-8(9)11/h2-4,6H,1H3. The van der Waals surface area contributed by atoms with Crippen LogP contribution in [0, 0.1) is 23.0 Å². The minimum absolute atomic E-state index is 0.301. The average molecular weight is 199 g/mol. The van der Waals surface area contributed by atoms with Gasteiger partial charge >= 0.3 is 0 Å². The Kier molecular flexibility index (Phi) is 3.26. The van der Waals surface area contributed by atoms with Gasteiger partial charge in [0.05, 0.1) is 11.3 Å². The molecule has 0 aliphatic heterocycles. The zero-order chi connectivity index (χ0) is 9.84. The van der Waals surface area contributed by atoms with Gasteiger partial charge in [-0.2, -0.15) is 5.26 Å². The summed E-state index contributed by atoms with van der Waals surface area (Å²) in [6, 6.07) is 5.28. The van der Waals surface area contributed by atoms with Gasteiger partial charge in [0.2, 0.25) is 0 Å². The molecule has 13 heavy (non-hydrogen) atoms. The van der Waals surface area contributed by atoms with Gasteiger partial charge in [0.25, 0.3) is 0 Å². The molecule has 0 amide bonds. The van der Waals surface area contributed by atoms with Gasteiger partial charge in [-0.05, 0) is 19.1 Å². The maximum absolute atomic E-state index is 13.0. The monoisotopic (exact) mass is 199 g/mol. The highest BCUT2D eigenvalue weighted by atomic mass is 32.2. The molecule has 1 unspecified atom stereocenters. The van der Waals surface area contributed by atoms with Crippen molar-refractivity contribution in [3.63, 3.8) is 0 Å². The van der Waals surface area contributed by atoms with E-state index in [2.05, 4.69) is 0 Å². The first-order valence-corrected chi connectivity index (χ1v) is 4.53. The Morgan fingerprint density at radius 1 is 1.46 bits per heavy atom. The lowest BCUT2D eigenvalue weighted by molar-refractivity contribution is 0.565. The molecule has 0 heterocycles. The van der Waals surface area contributed by atoms with Crippen LogP contribution in [0.1, 0.15) is 6.92 Å². The minimum Gasteiger partial charge on any atom is -0.207 e. The van der Waals surface area contributed by atoms with Crippen LogP contribution in [-0.2, 0) is 0 Å². The van der Waals surface area contributed by atoms with E-state index >= 15 is 0 Å². The van der Waals surface area contributed by atoms with E-state index in [1.807, 2.05) is 6.07 Å². The molecular formula is C9H7F2NS. The third kappa shape index (κ3) is 2.71. The van der Waals surface area contributed by atoms with Crippen molar-refractivity contribution in [1.29, 1.82) is 5.26 Å². The Balaban J connectivity index is 2.85. The fraction of sp³-hybridized carbons (Fsp3) is 0.222. The van der Waals surface area contributed by atoms with Gasteiger partial charge in [-0.3, -0.25) is 0 Å². The van der Waals surface area contributed by atoms with Gasteiger partial charge in [-0.25, -0.2) is 8.78 Å². The average Bonchev–Trinajstić information content (AvgIpc) is 2.09. The normalized spacial score (nSPS) is 12.2. The highest BCUT2D eigenvalue weighted by molar-refractivity contribution is 8.00. The van der Waals surface area contributed by atoms with Crippen LogP contribution in [0.5, 0.6) is 0 Å². The smallest absolute Gasteiger partial charge is 0.139 e. The van der Waals surface area contributed by atoms with E-state index < -0.39 is 11.6 Å². The van der Waals surface area contributed by atoms with Crippen LogP contribution in [0.4, 0.5) is 8.78 Å². The maximum Gasteiger partial charge on any atom is 0.139 e.